The van der Waals surface area contributed by atoms with Crippen molar-refractivity contribution in [3.8, 4) is 0 Å². The second-order valence-corrected chi connectivity index (χ2v) is 5.52. The van der Waals surface area contributed by atoms with Gasteiger partial charge in [-0.1, -0.05) is 0 Å². The molecule has 1 aromatic heterocycles. The summed E-state index contributed by atoms with van der Waals surface area (Å²) >= 11 is 0. The second-order valence-electron chi connectivity index (χ2n) is 3.63. The van der Waals surface area contributed by atoms with Crippen molar-refractivity contribution in [2.75, 3.05) is 26.3 Å². The van der Waals surface area contributed by atoms with Crippen LogP contribution in [0, 0.1) is 0 Å². The van der Waals surface area contributed by atoms with Crippen molar-refractivity contribution in [2.45, 2.75) is 10.9 Å². The Morgan fingerprint density at radius 3 is 3.06 bits per heavy atom. The maximum Gasteiger partial charge on any atom is 0.245 e. The van der Waals surface area contributed by atoms with Gasteiger partial charge in [-0.15, -0.1) is 0 Å². The summed E-state index contributed by atoms with van der Waals surface area (Å²) in [7, 11) is -3.44. The van der Waals surface area contributed by atoms with Crippen LogP contribution in [0.15, 0.2) is 23.4 Å². The molecule has 90 valence electrons. The smallest absolute Gasteiger partial charge is 0.245 e. The highest BCUT2D eigenvalue weighted by molar-refractivity contribution is 7.89. The van der Waals surface area contributed by atoms with Gasteiger partial charge < -0.3 is 15.5 Å². The first-order valence-electron chi connectivity index (χ1n) is 5.08. The van der Waals surface area contributed by atoms with Crippen molar-refractivity contribution >= 4 is 10.0 Å². The molecule has 0 spiro atoms. The van der Waals surface area contributed by atoms with Crippen LogP contribution >= 0.6 is 0 Å². The highest BCUT2D eigenvalue weighted by atomic mass is 32.2. The average molecular weight is 245 g/mol. The zero-order chi connectivity index (χ0) is 11.6. The Morgan fingerprint density at radius 2 is 2.44 bits per heavy atom. The number of nitrogens with two attached hydrogens (primary N) is 1. The topological polar surface area (TPSA) is 88.4 Å². The molecule has 0 aliphatic carbocycles. The van der Waals surface area contributed by atoms with Crippen LogP contribution in [0.3, 0.4) is 0 Å². The highest BCUT2D eigenvalue weighted by Gasteiger charge is 2.33. The Kier molecular flexibility index (Phi) is 3.29. The lowest BCUT2D eigenvalue weighted by molar-refractivity contribution is 0.0358. The SMILES string of the molecule is NCC1COCCN1S(=O)(=O)c1cc[nH]c1. The monoisotopic (exact) mass is 245 g/mol. The van der Waals surface area contributed by atoms with E-state index in [1.54, 1.807) is 12.3 Å². The van der Waals surface area contributed by atoms with Crippen LogP contribution in [0.25, 0.3) is 0 Å². The minimum absolute atomic E-state index is 0.268. The second kappa shape index (κ2) is 4.54. The van der Waals surface area contributed by atoms with Crippen molar-refractivity contribution in [1.29, 1.82) is 0 Å². The molecule has 0 amide bonds. The van der Waals surface area contributed by atoms with Gasteiger partial charge in [-0.3, -0.25) is 0 Å². The van der Waals surface area contributed by atoms with Gasteiger partial charge in [-0.2, -0.15) is 4.31 Å². The zero-order valence-corrected chi connectivity index (χ0v) is 9.61. The molecule has 3 N–H and O–H groups in total. The van der Waals surface area contributed by atoms with Crippen LogP contribution in [-0.4, -0.2) is 50.1 Å². The lowest BCUT2D eigenvalue weighted by atomic mass is 10.3. The van der Waals surface area contributed by atoms with Crippen LogP contribution in [0.5, 0.6) is 0 Å². The molecule has 1 fully saturated rings. The van der Waals surface area contributed by atoms with E-state index in [9.17, 15) is 8.42 Å². The molecule has 0 bridgehead atoms. The van der Waals surface area contributed by atoms with Gasteiger partial charge in [0.15, 0.2) is 0 Å². The van der Waals surface area contributed by atoms with Crippen molar-refractivity contribution < 1.29 is 13.2 Å². The summed E-state index contributed by atoms with van der Waals surface area (Å²) in [5, 5.41) is 0. The molecule has 1 aliphatic rings. The Balaban J connectivity index is 2.28. The number of sulfonamides is 1. The number of rotatable bonds is 3. The van der Waals surface area contributed by atoms with E-state index in [0.717, 1.165) is 0 Å². The summed E-state index contributed by atoms with van der Waals surface area (Å²) < 4.78 is 31.1. The van der Waals surface area contributed by atoms with Crippen molar-refractivity contribution in [2.24, 2.45) is 5.73 Å². The fraction of sp³-hybridized carbons (Fsp3) is 0.556. The summed E-state index contributed by atoms with van der Waals surface area (Å²) in [5.41, 5.74) is 5.55. The van der Waals surface area contributed by atoms with Crippen LogP contribution in [-0.2, 0) is 14.8 Å². The number of nitrogens with zero attached hydrogens (tertiary/aromatic N) is 1. The fourth-order valence-corrected chi connectivity index (χ4v) is 3.33. The van der Waals surface area contributed by atoms with E-state index in [0.29, 0.717) is 19.8 Å². The van der Waals surface area contributed by atoms with E-state index < -0.39 is 10.0 Å². The summed E-state index contributed by atoms with van der Waals surface area (Å²) in [6.45, 7) is 1.40. The molecule has 16 heavy (non-hydrogen) atoms. The third kappa shape index (κ3) is 1.99. The van der Waals surface area contributed by atoms with Gasteiger partial charge in [-0.05, 0) is 6.07 Å². The van der Waals surface area contributed by atoms with Gasteiger partial charge in [0.05, 0.1) is 24.2 Å². The first-order valence-corrected chi connectivity index (χ1v) is 6.52. The number of nitrogens with one attached hydrogen (secondary N) is 1. The number of hydrogen-bond donors (Lipinski definition) is 2. The Bertz CT molecular complexity index is 429. The number of ether oxygens (including phenoxy) is 1. The molecule has 7 heteroatoms. The summed E-state index contributed by atoms with van der Waals surface area (Å²) in [6, 6.07) is 1.27. The minimum Gasteiger partial charge on any atom is -0.378 e. The predicted molar refractivity (Wildman–Crippen MR) is 58.3 cm³/mol. The van der Waals surface area contributed by atoms with Crippen LogP contribution in [0.2, 0.25) is 0 Å². The van der Waals surface area contributed by atoms with Crippen molar-refractivity contribution in [3.63, 3.8) is 0 Å². The quantitative estimate of drug-likeness (QED) is 0.741. The molecule has 1 saturated heterocycles. The number of hydrogen-bond acceptors (Lipinski definition) is 4. The first-order chi connectivity index (χ1) is 7.66. The van der Waals surface area contributed by atoms with Crippen molar-refractivity contribution in [3.05, 3.63) is 18.5 Å². The molecule has 0 radical (unpaired) electrons. The molecule has 1 aromatic rings. The van der Waals surface area contributed by atoms with E-state index in [2.05, 4.69) is 4.98 Å². The maximum atomic E-state index is 12.2. The summed E-state index contributed by atoms with van der Waals surface area (Å²) in [6.07, 6.45) is 3.06. The average Bonchev–Trinajstić information content (AvgIpc) is 2.83. The third-order valence-electron chi connectivity index (χ3n) is 2.62. The normalized spacial score (nSPS) is 23.4. The Labute approximate surface area is 94.4 Å². The van der Waals surface area contributed by atoms with Crippen molar-refractivity contribution in [1.82, 2.24) is 9.29 Å². The molecule has 2 heterocycles. The van der Waals surface area contributed by atoms with E-state index in [4.69, 9.17) is 10.5 Å². The Hall–Kier alpha value is -0.890. The first kappa shape index (κ1) is 11.6. The van der Waals surface area contributed by atoms with Gasteiger partial charge in [0.2, 0.25) is 10.0 Å². The van der Waals surface area contributed by atoms with Gasteiger partial charge in [0.25, 0.3) is 0 Å². The summed E-state index contributed by atoms with van der Waals surface area (Å²) in [5.74, 6) is 0. The van der Waals surface area contributed by atoms with Crippen LogP contribution in [0.4, 0.5) is 0 Å². The lowest BCUT2D eigenvalue weighted by Crippen LogP contribution is -2.51. The predicted octanol–water partition coefficient (Wildman–Crippen LogP) is -0.637. The van der Waals surface area contributed by atoms with Gasteiger partial charge in [0.1, 0.15) is 0 Å². The number of aromatic amines is 1. The molecule has 1 atom stereocenters. The fourth-order valence-electron chi connectivity index (χ4n) is 1.75. The zero-order valence-electron chi connectivity index (χ0n) is 8.80. The van der Waals surface area contributed by atoms with Gasteiger partial charge >= 0.3 is 0 Å². The lowest BCUT2D eigenvalue weighted by Gasteiger charge is -2.33. The van der Waals surface area contributed by atoms with Gasteiger partial charge in [0, 0.05) is 25.5 Å². The molecule has 1 aliphatic heterocycles. The standard InChI is InChI=1S/C9H15N3O3S/c10-5-8-7-15-4-3-12(8)16(13,14)9-1-2-11-6-9/h1-2,6,8,11H,3-5,7,10H2. The number of H-pyrrole nitrogens is 1. The third-order valence-corrected chi connectivity index (χ3v) is 4.57. The highest BCUT2D eigenvalue weighted by Crippen LogP contribution is 2.19. The van der Waals surface area contributed by atoms with Crippen LogP contribution in [0.1, 0.15) is 0 Å². The summed E-state index contributed by atoms with van der Waals surface area (Å²) in [4.78, 5) is 3.01. The van der Waals surface area contributed by atoms with E-state index in [-0.39, 0.29) is 17.5 Å². The van der Waals surface area contributed by atoms with Crippen LogP contribution < -0.4 is 5.73 Å². The molecule has 6 nitrogen and oxygen atoms in total. The molecular formula is C9H15N3O3S. The molecule has 0 saturated carbocycles. The van der Waals surface area contributed by atoms with Gasteiger partial charge in [-0.25, -0.2) is 8.42 Å². The maximum absolute atomic E-state index is 12.2. The molecule has 2 rings (SSSR count). The molecule has 0 aromatic carbocycles. The number of aromatic nitrogens is 1. The molecular weight excluding hydrogens is 230 g/mol. The largest absolute Gasteiger partial charge is 0.378 e. The minimum atomic E-state index is -3.44. The molecule has 1 unspecified atom stereocenters. The van der Waals surface area contributed by atoms with E-state index in [1.165, 1.54) is 10.5 Å². The van der Waals surface area contributed by atoms with E-state index in [1.807, 2.05) is 0 Å². The number of morpholine rings is 1. The van der Waals surface area contributed by atoms with E-state index >= 15 is 0 Å². The Morgan fingerprint density at radius 1 is 1.62 bits per heavy atom.